The van der Waals surface area contributed by atoms with Gasteiger partial charge in [-0.2, -0.15) is 13.2 Å². The number of alkyl halides is 3. The molecule has 0 aliphatic heterocycles. The van der Waals surface area contributed by atoms with Crippen LogP contribution in [-0.4, -0.2) is 50.8 Å². The SMILES string of the molecule is Cc1cc(O)cc2c(=O)n(COCCS(C)(C)C)c(-c3cc(C(F)(F)F)ccn3)nc12. The molecular weight excluding hydrogens is 431 g/mol. The maximum Gasteiger partial charge on any atom is 0.416 e. The minimum Gasteiger partial charge on any atom is -0.508 e. The van der Waals surface area contributed by atoms with Crippen molar-refractivity contribution in [2.24, 2.45) is 0 Å². The van der Waals surface area contributed by atoms with Crippen LogP contribution in [0.2, 0.25) is 0 Å². The van der Waals surface area contributed by atoms with Gasteiger partial charge >= 0.3 is 6.18 Å². The Labute approximate surface area is 179 Å². The molecular formula is C21H24F3N3O3S. The first kappa shape index (κ1) is 23.1. The van der Waals surface area contributed by atoms with Gasteiger partial charge in [0.2, 0.25) is 0 Å². The van der Waals surface area contributed by atoms with Crippen molar-refractivity contribution in [3.05, 3.63) is 51.9 Å². The van der Waals surface area contributed by atoms with Gasteiger partial charge in [0, 0.05) is 11.9 Å². The molecule has 1 aromatic carbocycles. The fraction of sp³-hybridized carbons (Fsp3) is 0.381. The molecule has 0 atom stereocenters. The van der Waals surface area contributed by atoms with Crippen molar-refractivity contribution in [1.29, 1.82) is 0 Å². The maximum atomic E-state index is 13.2. The van der Waals surface area contributed by atoms with Gasteiger partial charge in [-0.05, 0) is 55.5 Å². The van der Waals surface area contributed by atoms with Crippen LogP contribution < -0.4 is 5.56 Å². The van der Waals surface area contributed by atoms with Gasteiger partial charge in [0.15, 0.2) is 5.82 Å². The van der Waals surface area contributed by atoms with E-state index in [0.29, 0.717) is 12.2 Å². The molecule has 0 aliphatic rings. The average molecular weight is 456 g/mol. The summed E-state index contributed by atoms with van der Waals surface area (Å²) in [5, 5.41) is 10.1. The van der Waals surface area contributed by atoms with E-state index in [1.807, 2.05) is 0 Å². The number of phenolic OH excluding ortho intramolecular Hbond substituents is 1. The molecule has 3 rings (SSSR count). The normalized spacial score (nSPS) is 13.0. The van der Waals surface area contributed by atoms with Gasteiger partial charge in [0.25, 0.3) is 5.56 Å². The molecule has 0 aliphatic carbocycles. The molecule has 2 heterocycles. The van der Waals surface area contributed by atoms with E-state index in [9.17, 15) is 23.1 Å². The minimum atomic E-state index is -4.56. The zero-order chi connectivity index (χ0) is 23.0. The predicted octanol–water partition coefficient (Wildman–Crippen LogP) is 4.16. The molecule has 0 fully saturated rings. The van der Waals surface area contributed by atoms with E-state index < -0.39 is 27.3 Å². The molecule has 6 nitrogen and oxygen atoms in total. The number of aromatic nitrogens is 3. The third kappa shape index (κ3) is 5.37. The van der Waals surface area contributed by atoms with E-state index >= 15 is 0 Å². The molecule has 3 aromatic rings. The lowest BCUT2D eigenvalue weighted by atomic mass is 10.1. The number of halogens is 3. The molecule has 168 valence electrons. The maximum absolute atomic E-state index is 13.2. The second-order valence-corrected chi connectivity index (χ2v) is 12.7. The van der Waals surface area contributed by atoms with E-state index in [4.69, 9.17) is 4.74 Å². The lowest BCUT2D eigenvalue weighted by Gasteiger charge is -2.24. The van der Waals surface area contributed by atoms with Crippen molar-refractivity contribution in [2.45, 2.75) is 19.8 Å². The summed E-state index contributed by atoms with van der Waals surface area (Å²) in [6, 6.07) is 4.44. The first-order valence-electron chi connectivity index (χ1n) is 9.38. The summed E-state index contributed by atoms with van der Waals surface area (Å²) in [6.07, 6.45) is 2.86. The summed E-state index contributed by atoms with van der Waals surface area (Å²) >= 11 is 0. The van der Waals surface area contributed by atoms with Crippen LogP contribution in [0.4, 0.5) is 13.2 Å². The second-order valence-electron chi connectivity index (χ2n) is 8.09. The van der Waals surface area contributed by atoms with E-state index in [-0.39, 0.29) is 34.9 Å². The zero-order valence-corrected chi connectivity index (χ0v) is 18.5. The standard InChI is InChI=1S/C21H24F3N3O3S/c1-13-9-15(28)11-16-18(13)26-19(17-10-14(5-6-25-17)21(22,23)24)27(20(16)29)12-30-7-8-31(2,3)4/h5-6,9-11,28H,7-8,12H2,1-4H3. The number of hydrogen-bond acceptors (Lipinski definition) is 5. The molecule has 0 amide bonds. The van der Waals surface area contributed by atoms with Crippen LogP contribution in [0.3, 0.4) is 0 Å². The van der Waals surface area contributed by atoms with Crippen LogP contribution in [0.25, 0.3) is 22.4 Å². The summed E-state index contributed by atoms with van der Waals surface area (Å²) in [5.41, 5.74) is -0.706. The highest BCUT2D eigenvalue weighted by molar-refractivity contribution is 8.32. The molecule has 0 bridgehead atoms. The number of rotatable bonds is 6. The monoisotopic (exact) mass is 455 g/mol. The largest absolute Gasteiger partial charge is 0.508 e. The topological polar surface area (TPSA) is 77.2 Å². The van der Waals surface area contributed by atoms with Crippen molar-refractivity contribution < 1.29 is 23.0 Å². The summed E-state index contributed by atoms with van der Waals surface area (Å²) in [5.74, 6) is 0.679. The summed E-state index contributed by atoms with van der Waals surface area (Å²) in [7, 11) is -0.817. The number of benzene rings is 1. The number of fused-ring (bicyclic) bond motifs is 1. The molecule has 2 aromatic heterocycles. The van der Waals surface area contributed by atoms with Crippen molar-refractivity contribution in [3.63, 3.8) is 0 Å². The highest BCUT2D eigenvalue weighted by atomic mass is 32.3. The van der Waals surface area contributed by atoms with Gasteiger partial charge in [0.05, 0.1) is 23.1 Å². The van der Waals surface area contributed by atoms with Crippen LogP contribution in [0, 0.1) is 6.92 Å². The van der Waals surface area contributed by atoms with Crippen LogP contribution in [-0.2, 0) is 17.6 Å². The Hall–Kier alpha value is -2.59. The van der Waals surface area contributed by atoms with Crippen molar-refractivity contribution in [1.82, 2.24) is 14.5 Å². The van der Waals surface area contributed by atoms with E-state index in [1.165, 1.54) is 12.1 Å². The summed E-state index contributed by atoms with van der Waals surface area (Å²) < 4.78 is 46.5. The highest BCUT2D eigenvalue weighted by Crippen LogP contribution is 2.34. The molecule has 0 saturated carbocycles. The van der Waals surface area contributed by atoms with Crippen LogP contribution in [0.5, 0.6) is 5.75 Å². The number of phenols is 1. The van der Waals surface area contributed by atoms with Crippen molar-refractivity contribution >= 4 is 20.9 Å². The van der Waals surface area contributed by atoms with Crippen molar-refractivity contribution in [2.75, 3.05) is 31.1 Å². The molecule has 0 saturated heterocycles. The van der Waals surface area contributed by atoms with Gasteiger partial charge in [-0.1, -0.05) is 0 Å². The third-order valence-corrected chi connectivity index (χ3v) is 6.00. The van der Waals surface area contributed by atoms with Crippen LogP contribution in [0.1, 0.15) is 11.1 Å². The zero-order valence-electron chi connectivity index (χ0n) is 17.7. The fourth-order valence-corrected chi connectivity index (χ4v) is 3.61. The Morgan fingerprint density at radius 2 is 1.90 bits per heavy atom. The number of ether oxygens (including phenoxy) is 1. The predicted molar refractivity (Wildman–Crippen MR) is 117 cm³/mol. The van der Waals surface area contributed by atoms with E-state index in [0.717, 1.165) is 28.6 Å². The third-order valence-electron chi connectivity index (χ3n) is 4.61. The lowest BCUT2D eigenvalue weighted by molar-refractivity contribution is -0.137. The Morgan fingerprint density at radius 1 is 1.19 bits per heavy atom. The first-order chi connectivity index (χ1) is 14.4. The molecule has 1 N–H and O–H groups in total. The molecule has 0 radical (unpaired) electrons. The van der Waals surface area contributed by atoms with Gasteiger partial charge in [-0.3, -0.25) is 14.3 Å². The quantitative estimate of drug-likeness (QED) is 0.565. The Balaban J connectivity index is 2.15. The smallest absolute Gasteiger partial charge is 0.416 e. The number of nitrogens with zero attached hydrogens (tertiary/aromatic N) is 3. The van der Waals surface area contributed by atoms with Crippen molar-refractivity contribution in [3.8, 4) is 17.3 Å². The Kier molecular flexibility index (Phi) is 6.33. The lowest BCUT2D eigenvalue weighted by Crippen LogP contribution is -2.26. The molecule has 0 unspecified atom stereocenters. The number of hydrogen-bond donors (Lipinski definition) is 1. The second kappa shape index (κ2) is 8.51. The molecule has 0 spiro atoms. The van der Waals surface area contributed by atoms with Gasteiger partial charge in [0.1, 0.15) is 18.2 Å². The van der Waals surface area contributed by atoms with Gasteiger partial charge in [-0.25, -0.2) is 15.0 Å². The number of pyridine rings is 1. The average Bonchev–Trinajstić information content (AvgIpc) is 2.65. The summed E-state index contributed by atoms with van der Waals surface area (Å²) in [4.78, 5) is 21.7. The van der Waals surface area contributed by atoms with Crippen LogP contribution in [0.15, 0.2) is 35.3 Å². The number of aromatic hydroxyl groups is 1. The minimum absolute atomic E-state index is 0.0273. The Morgan fingerprint density at radius 3 is 2.55 bits per heavy atom. The van der Waals surface area contributed by atoms with Crippen LogP contribution >= 0.6 is 10.0 Å². The first-order valence-corrected chi connectivity index (χ1v) is 12.4. The van der Waals surface area contributed by atoms with Gasteiger partial charge in [-0.15, -0.1) is 0 Å². The Bertz CT molecular complexity index is 1170. The molecule has 10 heteroatoms. The van der Waals surface area contributed by atoms with E-state index in [1.54, 1.807) is 6.92 Å². The fourth-order valence-electron chi connectivity index (χ4n) is 2.99. The van der Waals surface area contributed by atoms with Gasteiger partial charge < -0.3 is 9.84 Å². The highest BCUT2D eigenvalue weighted by Gasteiger charge is 2.31. The van der Waals surface area contributed by atoms with E-state index in [2.05, 4.69) is 28.7 Å². The summed E-state index contributed by atoms with van der Waals surface area (Å²) in [6.45, 7) is 1.85. The molecule has 31 heavy (non-hydrogen) atoms. The number of aryl methyl sites for hydroxylation is 1.